The van der Waals surface area contributed by atoms with Gasteiger partial charge in [-0.15, -0.1) is 0 Å². The van der Waals surface area contributed by atoms with Gasteiger partial charge in [0.15, 0.2) is 11.5 Å². The molecule has 0 radical (unpaired) electrons. The number of furan rings is 1. The van der Waals surface area contributed by atoms with Crippen LogP contribution in [-0.2, 0) is 11.2 Å². The first kappa shape index (κ1) is 21.2. The summed E-state index contributed by atoms with van der Waals surface area (Å²) in [5.74, 6) is 3.19. The van der Waals surface area contributed by atoms with Crippen LogP contribution >= 0.6 is 0 Å². The molecule has 3 aromatic rings. The summed E-state index contributed by atoms with van der Waals surface area (Å²) in [5, 5.41) is 0. The van der Waals surface area contributed by atoms with Crippen LogP contribution in [0.3, 0.4) is 0 Å². The number of fused-ring (bicyclic) bond motifs is 2. The van der Waals surface area contributed by atoms with Gasteiger partial charge >= 0.3 is 0 Å². The van der Waals surface area contributed by atoms with E-state index in [9.17, 15) is 4.79 Å². The number of carbonyl (C=O) groups excluding carboxylic acids is 1. The SMILES string of the molecule is COc1ccc(N2C[C@H]3Cc4occc4[C@@H](c4cc(OC)c(OC)c(OC)c4)[C@@H]3C2=O)cc1. The Hall–Kier alpha value is -3.61. The molecular formula is C26H27NO6. The molecule has 0 N–H and O–H groups in total. The van der Waals surface area contributed by atoms with Gasteiger partial charge in [0, 0.05) is 30.1 Å². The Kier molecular flexibility index (Phi) is 5.40. The van der Waals surface area contributed by atoms with Crippen LogP contribution in [0.5, 0.6) is 23.0 Å². The largest absolute Gasteiger partial charge is 0.497 e. The van der Waals surface area contributed by atoms with Crippen LogP contribution in [0.25, 0.3) is 0 Å². The summed E-state index contributed by atoms with van der Waals surface area (Å²) in [4.78, 5) is 15.7. The van der Waals surface area contributed by atoms with Gasteiger partial charge in [-0.3, -0.25) is 4.79 Å². The van der Waals surface area contributed by atoms with E-state index in [1.54, 1.807) is 34.7 Å². The summed E-state index contributed by atoms with van der Waals surface area (Å²) in [7, 11) is 6.41. The second-order valence-electron chi connectivity index (χ2n) is 8.37. The third-order valence-corrected chi connectivity index (χ3v) is 6.83. The second-order valence-corrected chi connectivity index (χ2v) is 8.37. The molecule has 0 spiro atoms. The van der Waals surface area contributed by atoms with Crippen molar-refractivity contribution in [1.82, 2.24) is 0 Å². The van der Waals surface area contributed by atoms with Crippen molar-refractivity contribution in [3.63, 3.8) is 0 Å². The quantitative estimate of drug-likeness (QED) is 0.560. The lowest BCUT2D eigenvalue weighted by Gasteiger charge is -2.32. The van der Waals surface area contributed by atoms with Crippen molar-refractivity contribution >= 4 is 11.6 Å². The second kappa shape index (κ2) is 8.39. The maximum absolute atomic E-state index is 13.8. The van der Waals surface area contributed by atoms with Crippen molar-refractivity contribution in [3.8, 4) is 23.0 Å². The minimum Gasteiger partial charge on any atom is -0.497 e. The minimum atomic E-state index is -0.222. The van der Waals surface area contributed by atoms with Crippen molar-refractivity contribution < 1.29 is 28.2 Å². The zero-order valence-electron chi connectivity index (χ0n) is 19.2. The van der Waals surface area contributed by atoms with E-state index in [1.165, 1.54) is 0 Å². The highest BCUT2D eigenvalue weighted by atomic mass is 16.5. The zero-order valence-corrected chi connectivity index (χ0v) is 19.2. The number of nitrogens with zero attached hydrogens (tertiary/aromatic N) is 1. The highest BCUT2D eigenvalue weighted by Gasteiger charge is 2.50. The van der Waals surface area contributed by atoms with E-state index in [-0.39, 0.29) is 23.7 Å². The third-order valence-electron chi connectivity index (χ3n) is 6.83. The van der Waals surface area contributed by atoms with Crippen molar-refractivity contribution in [2.24, 2.45) is 11.8 Å². The highest BCUT2D eigenvalue weighted by molar-refractivity contribution is 5.99. The lowest BCUT2D eigenvalue weighted by Crippen LogP contribution is -2.32. The van der Waals surface area contributed by atoms with Crippen molar-refractivity contribution in [2.75, 3.05) is 39.9 Å². The monoisotopic (exact) mass is 449 g/mol. The first-order valence-electron chi connectivity index (χ1n) is 10.9. The van der Waals surface area contributed by atoms with Crippen LogP contribution in [-0.4, -0.2) is 40.9 Å². The van der Waals surface area contributed by atoms with Gasteiger partial charge in [-0.05, 0) is 53.9 Å². The van der Waals surface area contributed by atoms with Crippen LogP contribution in [0.1, 0.15) is 22.8 Å². The Morgan fingerprint density at radius 3 is 2.21 bits per heavy atom. The van der Waals surface area contributed by atoms with E-state index in [1.807, 2.05) is 47.4 Å². The van der Waals surface area contributed by atoms with E-state index in [0.29, 0.717) is 23.8 Å². The van der Waals surface area contributed by atoms with Crippen LogP contribution in [0.2, 0.25) is 0 Å². The van der Waals surface area contributed by atoms with E-state index in [0.717, 1.165) is 34.7 Å². The van der Waals surface area contributed by atoms with Crippen molar-refractivity contribution in [3.05, 3.63) is 65.6 Å². The molecule has 7 heteroatoms. The molecule has 1 amide bonds. The number of ether oxygens (including phenoxy) is 4. The number of hydrogen-bond donors (Lipinski definition) is 0. The maximum atomic E-state index is 13.8. The first-order chi connectivity index (χ1) is 16.1. The lowest BCUT2D eigenvalue weighted by molar-refractivity contribution is -0.121. The number of rotatable bonds is 6. The molecule has 2 aromatic carbocycles. The fourth-order valence-electron chi connectivity index (χ4n) is 5.31. The zero-order chi connectivity index (χ0) is 23.1. The number of carbonyl (C=O) groups is 1. The molecule has 3 atom stereocenters. The molecular weight excluding hydrogens is 422 g/mol. The maximum Gasteiger partial charge on any atom is 0.231 e. The van der Waals surface area contributed by atoms with Gasteiger partial charge in [0.25, 0.3) is 0 Å². The lowest BCUT2D eigenvalue weighted by atomic mass is 9.70. The predicted molar refractivity (Wildman–Crippen MR) is 123 cm³/mol. The summed E-state index contributed by atoms with van der Waals surface area (Å²) in [6.45, 7) is 0.636. The first-order valence-corrected chi connectivity index (χ1v) is 10.9. The molecule has 1 fully saturated rings. The van der Waals surface area contributed by atoms with Gasteiger partial charge in [-0.1, -0.05) is 0 Å². The third kappa shape index (κ3) is 3.39. The molecule has 2 heterocycles. The van der Waals surface area contributed by atoms with Gasteiger partial charge in [-0.2, -0.15) is 0 Å². The van der Waals surface area contributed by atoms with E-state index < -0.39 is 0 Å². The molecule has 0 bridgehead atoms. The number of benzene rings is 2. The Balaban J connectivity index is 1.59. The highest BCUT2D eigenvalue weighted by Crippen LogP contribution is 2.51. The Labute approximate surface area is 192 Å². The van der Waals surface area contributed by atoms with Gasteiger partial charge in [0.1, 0.15) is 11.5 Å². The number of hydrogen-bond acceptors (Lipinski definition) is 6. The van der Waals surface area contributed by atoms with Crippen LogP contribution in [0.15, 0.2) is 53.1 Å². The molecule has 1 aromatic heterocycles. The topological polar surface area (TPSA) is 70.4 Å². The average Bonchev–Trinajstić information content (AvgIpc) is 3.45. The number of anilines is 1. The molecule has 0 saturated carbocycles. The molecule has 1 saturated heterocycles. The Morgan fingerprint density at radius 2 is 1.61 bits per heavy atom. The van der Waals surface area contributed by atoms with Gasteiger partial charge in [-0.25, -0.2) is 0 Å². The summed E-state index contributed by atoms with van der Waals surface area (Å²) >= 11 is 0. The molecule has 172 valence electrons. The summed E-state index contributed by atoms with van der Waals surface area (Å²) < 4.78 is 27.8. The average molecular weight is 450 g/mol. The summed E-state index contributed by atoms with van der Waals surface area (Å²) in [6.07, 6.45) is 2.44. The standard InChI is InChI=1S/C26H27NO6/c1-29-18-7-5-17(6-8-18)27-14-16-13-20-19(9-10-33-20)23(24(16)26(27)28)15-11-21(30-2)25(32-4)22(12-15)31-3/h5-12,16,23-24H,13-14H2,1-4H3/t16-,23-,24-/m1/s1. The Morgan fingerprint density at radius 1 is 0.909 bits per heavy atom. The fraction of sp³-hybridized carbons (Fsp3) is 0.346. The number of amides is 1. The molecule has 7 nitrogen and oxygen atoms in total. The summed E-state index contributed by atoms with van der Waals surface area (Å²) in [6, 6.07) is 13.5. The smallest absolute Gasteiger partial charge is 0.231 e. The van der Waals surface area contributed by atoms with Crippen LogP contribution < -0.4 is 23.8 Å². The summed E-state index contributed by atoms with van der Waals surface area (Å²) in [5.41, 5.74) is 2.85. The van der Waals surface area contributed by atoms with E-state index in [2.05, 4.69) is 0 Å². The minimum absolute atomic E-state index is 0.107. The fourth-order valence-corrected chi connectivity index (χ4v) is 5.31. The molecule has 0 unspecified atom stereocenters. The van der Waals surface area contributed by atoms with E-state index in [4.69, 9.17) is 23.4 Å². The predicted octanol–water partition coefficient (Wildman–Crippen LogP) is 4.28. The van der Waals surface area contributed by atoms with Crippen LogP contribution in [0, 0.1) is 11.8 Å². The molecule has 33 heavy (non-hydrogen) atoms. The Bertz CT molecular complexity index is 1140. The molecule has 1 aliphatic carbocycles. The van der Waals surface area contributed by atoms with Crippen LogP contribution in [0.4, 0.5) is 5.69 Å². The van der Waals surface area contributed by atoms with Gasteiger partial charge in [0.2, 0.25) is 11.7 Å². The molecule has 1 aliphatic heterocycles. The molecule has 2 aliphatic rings. The van der Waals surface area contributed by atoms with Gasteiger partial charge in [0.05, 0.1) is 40.6 Å². The van der Waals surface area contributed by atoms with Gasteiger partial charge < -0.3 is 28.3 Å². The number of methoxy groups -OCH3 is 4. The molecule has 5 rings (SSSR count). The van der Waals surface area contributed by atoms with E-state index >= 15 is 0 Å². The van der Waals surface area contributed by atoms with Crippen molar-refractivity contribution in [2.45, 2.75) is 12.3 Å². The normalized spacial score (nSPS) is 21.4. The van der Waals surface area contributed by atoms with Crippen molar-refractivity contribution in [1.29, 1.82) is 0 Å².